The molecule has 3 aromatic rings. The van der Waals surface area contributed by atoms with Crippen molar-refractivity contribution in [1.29, 1.82) is 0 Å². The lowest BCUT2D eigenvalue weighted by molar-refractivity contribution is 0.0985. The monoisotopic (exact) mass is 346 g/mol. The molecule has 0 unspecified atom stereocenters. The highest BCUT2D eigenvalue weighted by Gasteiger charge is 2.29. The van der Waals surface area contributed by atoms with Crippen LogP contribution in [-0.2, 0) is 11.8 Å². The second kappa shape index (κ2) is 5.80. The number of nitrogen functional groups attached to an aromatic ring is 1. The lowest BCUT2D eigenvalue weighted by Crippen LogP contribution is -2.30. The first-order valence-corrected chi connectivity index (χ1v) is 8.82. The van der Waals surface area contributed by atoms with Crippen LogP contribution in [0.1, 0.15) is 42.4 Å². The Morgan fingerprint density at radius 3 is 2.65 bits per heavy atom. The Labute approximate surface area is 152 Å². The third-order valence-corrected chi connectivity index (χ3v) is 5.00. The number of anilines is 2. The molecule has 2 N–H and O–H groups in total. The highest BCUT2D eigenvalue weighted by Crippen LogP contribution is 2.34. The normalized spacial score (nSPS) is 13.9. The molecule has 1 amide bonds. The van der Waals surface area contributed by atoms with Gasteiger partial charge in [0.2, 0.25) is 0 Å². The van der Waals surface area contributed by atoms with Crippen LogP contribution in [0.5, 0.6) is 0 Å². The van der Waals surface area contributed by atoms with Gasteiger partial charge in [0.25, 0.3) is 5.91 Å². The Kier molecular flexibility index (Phi) is 3.68. The lowest BCUT2D eigenvalue weighted by atomic mass is 9.86. The smallest absolute Gasteiger partial charge is 0.280 e. The molecule has 0 aliphatic carbocycles. The maximum Gasteiger partial charge on any atom is 0.280 e. The number of fused-ring (bicyclic) bond motifs is 2. The number of carbonyl (C=O) groups excluding carboxylic acids is 1. The molecule has 2 aromatic carbocycles. The maximum atomic E-state index is 13.1. The number of nitrogens with zero attached hydrogens (tertiary/aromatic N) is 3. The average molecular weight is 346 g/mol. The summed E-state index contributed by atoms with van der Waals surface area (Å²) in [5, 5.41) is 9.03. The third-order valence-electron chi connectivity index (χ3n) is 5.00. The molecular weight excluding hydrogens is 324 g/mol. The molecule has 5 nitrogen and oxygen atoms in total. The van der Waals surface area contributed by atoms with Crippen molar-refractivity contribution in [2.75, 3.05) is 17.2 Å². The van der Waals surface area contributed by atoms with Gasteiger partial charge in [-0.25, -0.2) is 0 Å². The lowest BCUT2D eigenvalue weighted by Gasteiger charge is -2.22. The van der Waals surface area contributed by atoms with Gasteiger partial charge in [0.1, 0.15) is 0 Å². The van der Waals surface area contributed by atoms with E-state index in [1.165, 1.54) is 11.1 Å². The summed E-state index contributed by atoms with van der Waals surface area (Å²) in [7, 11) is 0. The Balaban J connectivity index is 1.73. The minimum absolute atomic E-state index is 0.0840. The van der Waals surface area contributed by atoms with Crippen molar-refractivity contribution < 1.29 is 4.79 Å². The van der Waals surface area contributed by atoms with Crippen LogP contribution in [0.15, 0.2) is 42.5 Å². The number of rotatable bonds is 1. The number of benzene rings is 2. The minimum atomic E-state index is -0.192. The van der Waals surface area contributed by atoms with Crippen LogP contribution in [0.3, 0.4) is 0 Å². The minimum Gasteiger partial charge on any atom is -0.396 e. The van der Waals surface area contributed by atoms with E-state index in [0.29, 0.717) is 17.7 Å². The summed E-state index contributed by atoms with van der Waals surface area (Å²) in [6, 6.07) is 13.8. The molecule has 0 bridgehead atoms. The molecule has 1 aromatic heterocycles. The van der Waals surface area contributed by atoms with Crippen molar-refractivity contribution in [3.63, 3.8) is 0 Å². The fourth-order valence-corrected chi connectivity index (χ4v) is 3.44. The number of amides is 1. The fourth-order valence-electron chi connectivity index (χ4n) is 3.44. The molecule has 1 aliphatic rings. The molecule has 2 heterocycles. The number of nitrogens with two attached hydrogens (primary N) is 1. The average Bonchev–Trinajstić information content (AvgIpc) is 3.04. The van der Waals surface area contributed by atoms with Crippen LogP contribution in [-0.4, -0.2) is 22.6 Å². The van der Waals surface area contributed by atoms with Gasteiger partial charge in [-0.1, -0.05) is 51.1 Å². The zero-order chi connectivity index (χ0) is 18.5. The maximum absolute atomic E-state index is 13.1. The van der Waals surface area contributed by atoms with E-state index in [2.05, 4.69) is 43.1 Å². The van der Waals surface area contributed by atoms with Gasteiger partial charge in [0.05, 0.1) is 11.2 Å². The second-order valence-electron chi connectivity index (χ2n) is 7.78. The molecule has 132 valence electrons. The zero-order valence-corrected chi connectivity index (χ0v) is 15.3. The van der Waals surface area contributed by atoms with Gasteiger partial charge >= 0.3 is 0 Å². The summed E-state index contributed by atoms with van der Waals surface area (Å²) in [4.78, 5) is 14.9. The van der Waals surface area contributed by atoms with Gasteiger partial charge < -0.3 is 10.6 Å². The van der Waals surface area contributed by atoms with Crippen molar-refractivity contribution in [3.05, 3.63) is 59.3 Å². The Hall–Kier alpha value is -2.95. The molecule has 1 aliphatic heterocycles. The van der Waals surface area contributed by atoms with Crippen LogP contribution in [0.4, 0.5) is 11.4 Å². The van der Waals surface area contributed by atoms with Crippen LogP contribution >= 0.6 is 0 Å². The molecule has 4 rings (SSSR count). The Bertz CT molecular complexity index is 1020. The first-order chi connectivity index (χ1) is 12.4. The second-order valence-corrected chi connectivity index (χ2v) is 7.78. The van der Waals surface area contributed by atoms with E-state index in [-0.39, 0.29) is 17.0 Å². The third kappa shape index (κ3) is 2.60. The van der Waals surface area contributed by atoms with E-state index in [4.69, 9.17) is 5.73 Å². The van der Waals surface area contributed by atoms with Crippen LogP contribution in [0, 0.1) is 0 Å². The van der Waals surface area contributed by atoms with Gasteiger partial charge in [-0.3, -0.25) is 4.79 Å². The summed E-state index contributed by atoms with van der Waals surface area (Å²) in [6.07, 6.45) is 0.839. The highest BCUT2D eigenvalue weighted by molar-refractivity contribution is 6.12. The van der Waals surface area contributed by atoms with E-state index < -0.39 is 0 Å². The van der Waals surface area contributed by atoms with E-state index in [1.54, 1.807) is 4.90 Å². The fraction of sp³-hybridized carbons (Fsp3) is 0.286. The first-order valence-electron chi connectivity index (χ1n) is 8.82. The summed E-state index contributed by atoms with van der Waals surface area (Å²) in [5.74, 6) is -0.192. The number of carbonyl (C=O) groups is 1. The Morgan fingerprint density at radius 2 is 1.88 bits per heavy atom. The molecule has 0 saturated heterocycles. The summed E-state index contributed by atoms with van der Waals surface area (Å²) in [5.41, 5.74) is 11.0. The number of hydrogen-bond donors (Lipinski definition) is 1. The van der Waals surface area contributed by atoms with Gasteiger partial charge in [-0.2, -0.15) is 0 Å². The highest BCUT2D eigenvalue weighted by atomic mass is 16.2. The van der Waals surface area contributed by atoms with E-state index in [9.17, 15) is 4.79 Å². The van der Waals surface area contributed by atoms with Crippen molar-refractivity contribution in [3.8, 4) is 0 Å². The molecule has 0 saturated carbocycles. The van der Waals surface area contributed by atoms with E-state index in [0.717, 1.165) is 17.5 Å². The predicted octanol–water partition coefficient (Wildman–Crippen LogP) is 3.71. The summed E-state index contributed by atoms with van der Waals surface area (Å²) >= 11 is 0. The quantitative estimate of drug-likeness (QED) is 0.729. The van der Waals surface area contributed by atoms with E-state index >= 15 is 0 Å². The SMILES string of the molecule is CC(C)(C)c1ccc2c(c1)CCN2C(=O)c1nnc2ccccc2c1N. The van der Waals surface area contributed by atoms with Gasteiger partial charge in [-0.15, -0.1) is 10.2 Å². The first kappa shape index (κ1) is 16.5. The number of aromatic nitrogens is 2. The molecule has 0 fully saturated rings. The summed E-state index contributed by atoms with van der Waals surface area (Å²) in [6.45, 7) is 7.21. The van der Waals surface area contributed by atoms with Crippen molar-refractivity contribution in [2.24, 2.45) is 0 Å². The number of hydrogen-bond acceptors (Lipinski definition) is 4. The molecule has 0 radical (unpaired) electrons. The van der Waals surface area contributed by atoms with Gasteiger partial charge in [-0.05, 0) is 35.1 Å². The molecule has 26 heavy (non-hydrogen) atoms. The predicted molar refractivity (Wildman–Crippen MR) is 104 cm³/mol. The Morgan fingerprint density at radius 1 is 1.12 bits per heavy atom. The standard InChI is InChI=1S/C21H22N4O/c1-21(2,3)14-8-9-17-13(12-14)10-11-25(17)20(26)19-18(22)15-6-4-5-7-16(15)23-24-19/h4-9,12H,10-11H2,1-3H3,(H2,22,23). The molecular formula is C21H22N4O. The molecule has 5 heteroatoms. The van der Waals surface area contributed by atoms with Crippen LogP contribution in [0.25, 0.3) is 10.9 Å². The van der Waals surface area contributed by atoms with Crippen LogP contribution < -0.4 is 10.6 Å². The topological polar surface area (TPSA) is 72.1 Å². The van der Waals surface area contributed by atoms with Crippen LogP contribution in [0.2, 0.25) is 0 Å². The van der Waals surface area contributed by atoms with Crippen molar-refractivity contribution in [2.45, 2.75) is 32.6 Å². The van der Waals surface area contributed by atoms with Crippen molar-refractivity contribution in [1.82, 2.24) is 10.2 Å². The molecule has 0 spiro atoms. The van der Waals surface area contributed by atoms with Crippen molar-refractivity contribution >= 4 is 28.2 Å². The van der Waals surface area contributed by atoms with E-state index in [1.807, 2.05) is 30.3 Å². The molecule has 0 atom stereocenters. The summed E-state index contributed by atoms with van der Waals surface area (Å²) < 4.78 is 0. The van der Waals surface area contributed by atoms with Gasteiger partial charge in [0.15, 0.2) is 5.69 Å². The zero-order valence-electron chi connectivity index (χ0n) is 15.3. The van der Waals surface area contributed by atoms with Gasteiger partial charge in [0, 0.05) is 17.6 Å². The largest absolute Gasteiger partial charge is 0.396 e.